The number of hydrogen-bond donors (Lipinski definition) is 0. The molecule has 5 saturated carbocycles. The van der Waals surface area contributed by atoms with Gasteiger partial charge in [-0.2, -0.15) is 0 Å². The molecule has 11 atom stereocenters. The van der Waals surface area contributed by atoms with Crippen LogP contribution in [0.2, 0.25) is 0 Å². The Morgan fingerprint density at radius 3 is 2.18 bits per heavy atom. The van der Waals surface area contributed by atoms with Crippen molar-refractivity contribution in [3.63, 3.8) is 0 Å². The summed E-state index contributed by atoms with van der Waals surface area (Å²) in [4.78, 5) is 40.6. The predicted octanol–water partition coefficient (Wildman–Crippen LogP) is 9.02. The van der Waals surface area contributed by atoms with Gasteiger partial charge >= 0.3 is 11.9 Å². The molecule has 0 radical (unpaired) electrons. The van der Waals surface area contributed by atoms with Crippen LogP contribution < -0.4 is 0 Å². The fourth-order valence-corrected chi connectivity index (χ4v) is 12.5. The minimum Gasteiger partial charge on any atom is -0.462 e. The molecule has 0 aliphatic heterocycles. The second-order valence-electron chi connectivity index (χ2n) is 18.4. The van der Waals surface area contributed by atoms with Crippen LogP contribution in [0, 0.1) is 56.2 Å². The molecular weight excluding hydrogens is 548 g/mol. The summed E-state index contributed by atoms with van der Waals surface area (Å²) < 4.78 is 12.2. The lowest BCUT2D eigenvalue weighted by Crippen LogP contribution is -2.66. The van der Waals surface area contributed by atoms with Crippen LogP contribution in [0.15, 0.2) is 11.6 Å². The molecule has 0 N–H and O–H groups in total. The third-order valence-corrected chi connectivity index (χ3v) is 15.6. The van der Waals surface area contributed by atoms with E-state index >= 15 is 0 Å². The number of carbonyl (C=O) groups excluding carboxylic acids is 3. The van der Waals surface area contributed by atoms with Crippen LogP contribution in [-0.4, -0.2) is 29.9 Å². The lowest BCUT2D eigenvalue weighted by molar-refractivity contribution is -0.210. The molecule has 44 heavy (non-hydrogen) atoms. The first-order valence-corrected chi connectivity index (χ1v) is 18.1. The third kappa shape index (κ3) is 4.54. The summed E-state index contributed by atoms with van der Waals surface area (Å²) in [6.45, 7) is 20.2. The van der Waals surface area contributed by atoms with Crippen LogP contribution in [0.4, 0.5) is 0 Å². The summed E-state index contributed by atoms with van der Waals surface area (Å²) in [5.41, 5.74) is 0.393. The van der Waals surface area contributed by atoms with Crippen molar-refractivity contribution in [1.29, 1.82) is 0 Å². The molecule has 0 amide bonds. The summed E-state index contributed by atoms with van der Waals surface area (Å²) in [5.74, 6) is 1.03. The van der Waals surface area contributed by atoms with Gasteiger partial charge in [0, 0.05) is 18.3 Å². The van der Waals surface area contributed by atoms with Gasteiger partial charge < -0.3 is 9.47 Å². The fourth-order valence-electron chi connectivity index (χ4n) is 12.5. The van der Waals surface area contributed by atoms with Gasteiger partial charge in [-0.15, -0.1) is 0 Å². The number of esters is 2. The standard InChI is InChI=1S/C39H60O5/c1-24-12-10-11-13-29(24)44-33(42)36(6)19-18-35(5)20-21-38(8)26(27(35)23-36)22-28(41)32-37(7)16-15-31(43-25(2)40)34(3,4)30(37)14-17-39(32,38)9/h22,24,27,29-32H,10-21,23H2,1-9H3/t24-,27+,29+,30+,31+,32+,35-,36-,37+,38-,39+/m1/s1. The van der Waals surface area contributed by atoms with E-state index in [-0.39, 0.29) is 63.1 Å². The summed E-state index contributed by atoms with van der Waals surface area (Å²) in [7, 11) is 0. The van der Waals surface area contributed by atoms with E-state index in [2.05, 4.69) is 61.5 Å². The van der Waals surface area contributed by atoms with Gasteiger partial charge in [0.1, 0.15) is 12.2 Å². The van der Waals surface area contributed by atoms with Crippen molar-refractivity contribution in [2.24, 2.45) is 56.2 Å². The third-order valence-electron chi connectivity index (χ3n) is 15.6. The zero-order valence-corrected chi connectivity index (χ0v) is 29.3. The Balaban J connectivity index is 1.33. The monoisotopic (exact) mass is 608 g/mol. The number of rotatable bonds is 3. The topological polar surface area (TPSA) is 69.7 Å². The normalized spacial score (nSPS) is 49.8. The maximum absolute atomic E-state index is 14.7. The van der Waals surface area contributed by atoms with Gasteiger partial charge in [-0.3, -0.25) is 14.4 Å². The molecule has 0 aromatic heterocycles. The molecule has 0 saturated heterocycles. The van der Waals surface area contributed by atoms with Crippen LogP contribution >= 0.6 is 0 Å². The number of hydrogen-bond acceptors (Lipinski definition) is 5. The highest BCUT2D eigenvalue weighted by Crippen LogP contribution is 2.75. The van der Waals surface area contributed by atoms with Gasteiger partial charge in [0.2, 0.25) is 0 Å². The smallest absolute Gasteiger partial charge is 0.312 e. The SMILES string of the molecule is CC(=O)O[C@H]1CC[C@@]2(C)[C@@H](CC[C@@]3(C)[C@H]2C(=O)C=C2[C@@H]4C[C@](C)(C(=O)O[C@H]5CCCC[C@H]5C)CC[C@]4(C)CC[C@]23C)C1(C)C. The van der Waals surface area contributed by atoms with Gasteiger partial charge in [0.25, 0.3) is 0 Å². The summed E-state index contributed by atoms with van der Waals surface area (Å²) in [5, 5.41) is 0. The Hall–Kier alpha value is -1.65. The number of carbonyl (C=O) groups is 3. The van der Waals surface area contributed by atoms with Crippen molar-refractivity contribution in [2.75, 3.05) is 0 Å². The summed E-state index contributed by atoms with van der Waals surface area (Å²) in [6.07, 6.45) is 15.3. The molecule has 5 nitrogen and oxygen atoms in total. The van der Waals surface area contributed by atoms with Crippen LogP contribution in [-0.2, 0) is 23.9 Å². The number of ketones is 1. The average molecular weight is 609 g/mol. The molecular formula is C39H60O5. The van der Waals surface area contributed by atoms with Gasteiger partial charge in [0.15, 0.2) is 5.78 Å². The molecule has 6 aliphatic rings. The van der Waals surface area contributed by atoms with Crippen molar-refractivity contribution in [3.8, 4) is 0 Å². The zero-order valence-electron chi connectivity index (χ0n) is 29.3. The van der Waals surface area contributed by atoms with E-state index in [0.29, 0.717) is 17.6 Å². The largest absolute Gasteiger partial charge is 0.462 e. The predicted molar refractivity (Wildman–Crippen MR) is 172 cm³/mol. The highest BCUT2D eigenvalue weighted by Gasteiger charge is 2.70. The van der Waals surface area contributed by atoms with Crippen LogP contribution in [0.1, 0.15) is 146 Å². The molecule has 0 spiro atoms. The fraction of sp³-hybridized carbons (Fsp3) is 0.872. The van der Waals surface area contributed by atoms with Crippen molar-refractivity contribution < 1.29 is 23.9 Å². The lowest BCUT2D eigenvalue weighted by Gasteiger charge is -2.70. The Morgan fingerprint density at radius 1 is 0.818 bits per heavy atom. The van der Waals surface area contributed by atoms with E-state index in [4.69, 9.17) is 9.47 Å². The van der Waals surface area contributed by atoms with Crippen molar-refractivity contribution in [1.82, 2.24) is 0 Å². The minimum absolute atomic E-state index is 0.00260. The zero-order chi connectivity index (χ0) is 32.1. The van der Waals surface area contributed by atoms with E-state index in [1.165, 1.54) is 18.9 Å². The molecule has 0 aromatic carbocycles. The molecule has 0 unspecified atom stereocenters. The van der Waals surface area contributed by atoms with Crippen molar-refractivity contribution in [3.05, 3.63) is 11.6 Å². The Labute approximate surface area is 267 Å². The first-order valence-electron chi connectivity index (χ1n) is 18.1. The van der Waals surface area contributed by atoms with Crippen LogP contribution in [0.5, 0.6) is 0 Å². The molecule has 6 aliphatic carbocycles. The maximum atomic E-state index is 14.7. The second kappa shape index (κ2) is 10.4. The molecule has 0 heterocycles. The Bertz CT molecular complexity index is 1250. The van der Waals surface area contributed by atoms with E-state index < -0.39 is 5.41 Å². The highest BCUT2D eigenvalue weighted by molar-refractivity contribution is 5.95. The maximum Gasteiger partial charge on any atom is 0.312 e. The van der Waals surface area contributed by atoms with Gasteiger partial charge in [-0.25, -0.2) is 0 Å². The summed E-state index contributed by atoms with van der Waals surface area (Å²) in [6, 6.07) is 0. The first kappa shape index (κ1) is 32.3. The van der Waals surface area contributed by atoms with E-state index in [1.54, 1.807) is 0 Å². The highest BCUT2D eigenvalue weighted by atomic mass is 16.5. The average Bonchev–Trinajstić information content (AvgIpc) is 2.93. The van der Waals surface area contributed by atoms with E-state index in [0.717, 1.165) is 77.0 Å². The minimum atomic E-state index is -0.510. The molecule has 5 heteroatoms. The van der Waals surface area contributed by atoms with Crippen LogP contribution in [0.25, 0.3) is 0 Å². The Morgan fingerprint density at radius 2 is 1.50 bits per heavy atom. The molecule has 246 valence electrons. The van der Waals surface area contributed by atoms with Gasteiger partial charge in [0.05, 0.1) is 5.41 Å². The van der Waals surface area contributed by atoms with Gasteiger partial charge in [-0.05, 0) is 129 Å². The molecule has 5 fully saturated rings. The lowest BCUT2D eigenvalue weighted by atomic mass is 9.33. The van der Waals surface area contributed by atoms with Gasteiger partial charge in [-0.1, -0.05) is 60.5 Å². The summed E-state index contributed by atoms with van der Waals surface area (Å²) >= 11 is 0. The van der Waals surface area contributed by atoms with Crippen LogP contribution in [0.3, 0.4) is 0 Å². The molecule has 0 bridgehead atoms. The van der Waals surface area contributed by atoms with E-state index in [9.17, 15) is 14.4 Å². The quantitative estimate of drug-likeness (QED) is 0.299. The van der Waals surface area contributed by atoms with Crippen molar-refractivity contribution >= 4 is 17.7 Å². The number of ether oxygens (including phenoxy) is 2. The second-order valence-corrected chi connectivity index (χ2v) is 18.4. The molecule has 0 aromatic rings. The number of fused-ring (bicyclic) bond motifs is 7. The van der Waals surface area contributed by atoms with Crippen molar-refractivity contribution in [2.45, 2.75) is 158 Å². The van der Waals surface area contributed by atoms with E-state index in [1.807, 2.05) is 0 Å². The molecule has 6 rings (SSSR count). The first-order chi connectivity index (χ1) is 20.4. The Kier molecular flexibility index (Phi) is 7.65. The number of allylic oxidation sites excluding steroid dienone is 2.